The summed E-state index contributed by atoms with van der Waals surface area (Å²) in [6.45, 7) is 3.94. The molecule has 138 valence electrons. The molecular weight excluding hydrogens is 379 g/mol. The van der Waals surface area contributed by atoms with Gasteiger partial charge in [-0.25, -0.2) is 4.79 Å². The molecule has 0 saturated carbocycles. The van der Waals surface area contributed by atoms with E-state index in [9.17, 15) is 14.4 Å². The molecule has 6 nitrogen and oxygen atoms in total. The zero-order valence-corrected chi connectivity index (χ0v) is 15.9. The van der Waals surface area contributed by atoms with Crippen LogP contribution < -0.4 is 5.32 Å². The monoisotopic (exact) mass is 396 g/mol. The first-order chi connectivity index (χ1) is 12.2. The van der Waals surface area contributed by atoms with Gasteiger partial charge in [0.2, 0.25) is 5.91 Å². The first-order valence-corrected chi connectivity index (χ1v) is 8.96. The number of benzene rings is 1. The molecule has 0 radical (unpaired) electrons. The number of hydrogen-bond acceptors (Lipinski definition) is 4. The normalized spacial score (nSPS) is 18.9. The SMILES string of the molecule is CC(=O)N1CCC2(CC1)OC(=O)C(C)=C2C(=O)Nc1ccc(Cl)c(Cl)c1. The fourth-order valence-corrected chi connectivity index (χ4v) is 3.73. The number of amides is 2. The van der Waals surface area contributed by atoms with Gasteiger partial charge in [0, 0.05) is 44.1 Å². The molecule has 2 heterocycles. The number of anilines is 1. The molecule has 1 aromatic carbocycles. The summed E-state index contributed by atoms with van der Waals surface area (Å²) in [7, 11) is 0. The summed E-state index contributed by atoms with van der Waals surface area (Å²) in [4.78, 5) is 38.3. The number of nitrogens with one attached hydrogen (secondary N) is 1. The van der Waals surface area contributed by atoms with E-state index in [1.165, 1.54) is 6.92 Å². The van der Waals surface area contributed by atoms with E-state index in [0.29, 0.717) is 52.8 Å². The molecule has 3 rings (SSSR count). The lowest BCUT2D eigenvalue weighted by Crippen LogP contribution is -2.49. The molecular formula is C18H18Cl2N2O4. The highest BCUT2D eigenvalue weighted by atomic mass is 35.5. The Morgan fingerprint density at radius 1 is 1.19 bits per heavy atom. The number of carbonyl (C=O) groups excluding carboxylic acids is 3. The Morgan fingerprint density at radius 2 is 1.85 bits per heavy atom. The van der Waals surface area contributed by atoms with Crippen molar-refractivity contribution < 1.29 is 19.1 Å². The molecule has 26 heavy (non-hydrogen) atoms. The third kappa shape index (κ3) is 3.31. The lowest BCUT2D eigenvalue weighted by Gasteiger charge is -2.39. The summed E-state index contributed by atoms with van der Waals surface area (Å²) in [5.74, 6) is -0.949. The second kappa shape index (κ2) is 6.93. The Balaban J connectivity index is 1.85. The van der Waals surface area contributed by atoms with Crippen molar-refractivity contribution in [3.63, 3.8) is 0 Å². The first kappa shape index (κ1) is 18.7. The summed E-state index contributed by atoms with van der Waals surface area (Å²) < 4.78 is 5.59. The van der Waals surface area contributed by atoms with Crippen molar-refractivity contribution in [2.75, 3.05) is 18.4 Å². The lowest BCUT2D eigenvalue weighted by atomic mass is 9.82. The second-order valence-electron chi connectivity index (χ2n) is 6.47. The standard InChI is InChI=1S/C18H18Cl2N2O4/c1-10-15(16(24)21-12-3-4-13(19)14(20)9-12)18(26-17(10)25)5-7-22(8-6-18)11(2)23/h3-4,9H,5-8H2,1-2H3,(H,21,24). The van der Waals surface area contributed by atoms with E-state index in [1.807, 2.05) is 0 Å². The van der Waals surface area contributed by atoms with Gasteiger partial charge in [0.25, 0.3) is 5.91 Å². The van der Waals surface area contributed by atoms with Gasteiger partial charge >= 0.3 is 5.97 Å². The number of carbonyl (C=O) groups is 3. The molecule has 2 amide bonds. The molecule has 1 saturated heterocycles. The highest BCUT2D eigenvalue weighted by Gasteiger charge is 2.51. The van der Waals surface area contributed by atoms with Gasteiger partial charge in [-0.2, -0.15) is 0 Å². The van der Waals surface area contributed by atoms with Crippen molar-refractivity contribution in [3.05, 3.63) is 39.4 Å². The smallest absolute Gasteiger partial charge is 0.335 e. The molecule has 0 unspecified atom stereocenters. The molecule has 0 atom stereocenters. The van der Waals surface area contributed by atoms with Crippen LogP contribution in [0.1, 0.15) is 26.7 Å². The minimum absolute atomic E-state index is 0.0355. The van der Waals surface area contributed by atoms with E-state index in [0.717, 1.165) is 0 Å². The number of ether oxygens (including phenoxy) is 1. The number of rotatable bonds is 2. The van der Waals surface area contributed by atoms with Gasteiger partial charge < -0.3 is 15.0 Å². The van der Waals surface area contributed by atoms with Gasteiger partial charge in [-0.15, -0.1) is 0 Å². The fourth-order valence-electron chi connectivity index (χ4n) is 3.43. The van der Waals surface area contributed by atoms with E-state index in [-0.39, 0.29) is 5.91 Å². The molecule has 8 heteroatoms. The summed E-state index contributed by atoms with van der Waals surface area (Å²) in [5, 5.41) is 3.46. The van der Waals surface area contributed by atoms with E-state index >= 15 is 0 Å². The van der Waals surface area contributed by atoms with Gasteiger partial charge in [0.05, 0.1) is 15.6 Å². The van der Waals surface area contributed by atoms with Crippen LogP contribution in [0, 0.1) is 0 Å². The number of esters is 1. The number of halogens is 2. The van der Waals surface area contributed by atoms with E-state index < -0.39 is 17.5 Å². The Hall–Kier alpha value is -2.05. The van der Waals surface area contributed by atoms with E-state index in [1.54, 1.807) is 30.0 Å². The minimum Gasteiger partial charge on any atom is -0.450 e. The maximum Gasteiger partial charge on any atom is 0.335 e. The van der Waals surface area contributed by atoms with Crippen LogP contribution in [0.4, 0.5) is 5.69 Å². The average Bonchev–Trinajstić information content (AvgIpc) is 2.81. The number of hydrogen-bond donors (Lipinski definition) is 1. The van der Waals surface area contributed by atoms with Gasteiger partial charge in [0.1, 0.15) is 5.60 Å². The predicted molar refractivity (Wildman–Crippen MR) is 98.1 cm³/mol. The number of nitrogens with zero attached hydrogens (tertiary/aromatic N) is 1. The molecule has 2 aliphatic heterocycles. The van der Waals surface area contributed by atoms with E-state index in [4.69, 9.17) is 27.9 Å². The van der Waals surface area contributed by atoms with Crippen LogP contribution in [0.25, 0.3) is 0 Å². The van der Waals surface area contributed by atoms with Crippen LogP contribution in [0.15, 0.2) is 29.3 Å². The molecule has 2 aliphatic rings. The molecule has 1 fully saturated rings. The Bertz CT molecular complexity index is 826. The largest absolute Gasteiger partial charge is 0.450 e. The van der Waals surface area contributed by atoms with Crippen molar-refractivity contribution in [2.45, 2.75) is 32.3 Å². The van der Waals surface area contributed by atoms with Crippen LogP contribution in [0.2, 0.25) is 10.0 Å². The maximum atomic E-state index is 12.9. The molecule has 1 spiro atoms. The van der Waals surface area contributed by atoms with Crippen molar-refractivity contribution in [2.24, 2.45) is 0 Å². The zero-order valence-electron chi connectivity index (χ0n) is 14.4. The van der Waals surface area contributed by atoms with Crippen LogP contribution in [-0.4, -0.2) is 41.4 Å². The van der Waals surface area contributed by atoms with Crippen molar-refractivity contribution in [1.29, 1.82) is 0 Å². The Morgan fingerprint density at radius 3 is 2.42 bits per heavy atom. The van der Waals surface area contributed by atoms with Gasteiger partial charge in [-0.3, -0.25) is 9.59 Å². The summed E-state index contributed by atoms with van der Waals surface area (Å²) in [5.41, 5.74) is 0.0870. The Labute approximate surface area is 161 Å². The number of piperidine rings is 1. The van der Waals surface area contributed by atoms with Crippen molar-refractivity contribution in [1.82, 2.24) is 4.90 Å². The number of likely N-dealkylation sites (tertiary alicyclic amines) is 1. The molecule has 0 aromatic heterocycles. The summed E-state index contributed by atoms with van der Waals surface area (Å²) in [6.07, 6.45) is 0.777. The van der Waals surface area contributed by atoms with Crippen LogP contribution in [-0.2, 0) is 19.1 Å². The lowest BCUT2D eigenvalue weighted by molar-refractivity contribution is -0.152. The van der Waals surface area contributed by atoms with Crippen LogP contribution in [0.5, 0.6) is 0 Å². The van der Waals surface area contributed by atoms with Gasteiger partial charge in [0.15, 0.2) is 0 Å². The molecule has 0 aliphatic carbocycles. The molecule has 1 aromatic rings. The third-order valence-electron chi connectivity index (χ3n) is 4.85. The van der Waals surface area contributed by atoms with Gasteiger partial charge in [-0.1, -0.05) is 23.2 Å². The molecule has 0 bridgehead atoms. The maximum absolute atomic E-state index is 12.9. The van der Waals surface area contributed by atoms with Gasteiger partial charge in [-0.05, 0) is 25.1 Å². The van der Waals surface area contributed by atoms with Crippen molar-refractivity contribution >= 4 is 46.7 Å². The summed E-state index contributed by atoms with van der Waals surface area (Å²) >= 11 is 11.9. The minimum atomic E-state index is -0.993. The topological polar surface area (TPSA) is 75.7 Å². The molecule has 1 N–H and O–H groups in total. The highest BCUT2D eigenvalue weighted by Crippen LogP contribution is 2.41. The summed E-state index contributed by atoms with van der Waals surface area (Å²) in [6, 6.07) is 4.75. The first-order valence-electron chi connectivity index (χ1n) is 8.20. The van der Waals surface area contributed by atoms with E-state index in [2.05, 4.69) is 5.32 Å². The fraction of sp³-hybridized carbons (Fsp3) is 0.389. The van der Waals surface area contributed by atoms with Crippen LogP contribution >= 0.6 is 23.2 Å². The third-order valence-corrected chi connectivity index (χ3v) is 5.58. The Kier molecular flexibility index (Phi) is 4.99. The predicted octanol–water partition coefficient (Wildman–Crippen LogP) is 3.19. The average molecular weight is 397 g/mol. The zero-order chi connectivity index (χ0) is 19.1. The highest BCUT2D eigenvalue weighted by molar-refractivity contribution is 6.42. The quantitative estimate of drug-likeness (QED) is 0.778. The van der Waals surface area contributed by atoms with Crippen molar-refractivity contribution in [3.8, 4) is 0 Å². The second-order valence-corrected chi connectivity index (χ2v) is 7.29. The van der Waals surface area contributed by atoms with Crippen LogP contribution in [0.3, 0.4) is 0 Å².